The van der Waals surface area contributed by atoms with E-state index in [1.165, 1.54) is 32.9 Å². The highest BCUT2D eigenvalue weighted by Gasteiger charge is 2.36. The van der Waals surface area contributed by atoms with Crippen molar-refractivity contribution in [2.24, 2.45) is 5.92 Å². The van der Waals surface area contributed by atoms with Crippen LogP contribution in [0.3, 0.4) is 0 Å². The van der Waals surface area contributed by atoms with E-state index in [0.717, 1.165) is 13.0 Å². The second kappa shape index (κ2) is 5.15. The van der Waals surface area contributed by atoms with Gasteiger partial charge in [-0.25, -0.2) is 0 Å². The van der Waals surface area contributed by atoms with Crippen molar-refractivity contribution in [3.63, 3.8) is 0 Å². The highest BCUT2D eigenvalue weighted by Crippen LogP contribution is 2.28. The summed E-state index contributed by atoms with van der Waals surface area (Å²) in [6.45, 7) is 2.15. The zero-order valence-electron chi connectivity index (χ0n) is 10.2. The van der Waals surface area contributed by atoms with E-state index >= 15 is 0 Å². The van der Waals surface area contributed by atoms with Gasteiger partial charge in [0.15, 0.2) is 0 Å². The van der Waals surface area contributed by atoms with Gasteiger partial charge in [0.2, 0.25) is 0 Å². The molecule has 4 nitrogen and oxygen atoms in total. The number of esters is 1. The van der Waals surface area contributed by atoms with E-state index in [1.54, 1.807) is 0 Å². The zero-order chi connectivity index (χ0) is 11.5. The number of carbonyl (C=O) groups is 1. The molecule has 2 aliphatic rings. The van der Waals surface area contributed by atoms with Crippen LogP contribution in [0.15, 0.2) is 0 Å². The largest absolute Gasteiger partial charge is 0.468 e. The van der Waals surface area contributed by atoms with Gasteiger partial charge >= 0.3 is 5.97 Å². The number of nitrogens with zero attached hydrogens (tertiary/aromatic N) is 1. The van der Waals surface area contributed by atoms with Crippen molar-refractivity contribution in [2.75, 3.05) is 27.2 Å². The Morgan fingerprint density at radius 3 is 2.94 bits per heavy atom. The van der Waals surface area contributed by atoms with Gasteiger partial charge in [0, 0.05) is 12.6 Å². The molecule has 2 saturated heterocycles. The third-order valence-corrected chi connectivity index (χ3v) is 4.02. The quantitative estimate of drug-likeness (QED) is 0.701. The number of nitrogens with one attached hydrogen (secondary N) is 1. The van der Waals surface area contributed by atoms with E-state index < -0.39 is 0 Å². The van der Waals surface area contributed by atoms with E-state index in [1.807, 2.05) is 0 Å². The van der Waals surface area contributed by atoms with Crippen molar-refractivity contribution in [3.05, 3.63) is 0 Å². The minimum atomic E-state index is -0.110. The smallest absolute Gasteiger partial charge is 0.322 e. The number of ether oxygens (including phenoxy) is 1. The molecule has 0 amide bonds. The van der Waals surface area contributed by atoms with E-state index in [-0.39, 0.29) is 12.0 Å². The SMILES string of the molecule is COC(=O)C1CC(C2CCCCN2C)CN1. The molecule has 0 aromatic rings. The zero-order valence-corrected chi connectivity index (χ0v) is 10.2. The van der Waals surface area contributed by atoms with Crippen LogP contribution in [0.25, 0.3) is 0 Å². The summed E-state index contributed by atoms with van der Waals surface area (Å²) in [4.78, 5) is 13.9. The number of carbonyl (C=O) groups excluding carboxylic acids is 1. The molecule has 0 radical (unpaired) electrons. The number of likely N-dealkylation sites (tertiary alicyclic amines) is 1. The topological polar surface area (TPSA) is 41.6 Å². The van der Waals surface area contributed by atoms with Gasteiger partial charge in [-0.1, -0.05) is 6.42 Å². The third kappa shape index (κ3) is 2.38. The lowest BCUT2D eigenvalue weighted by molar-refractivity contribution is -0.142. The molecule has 2 fully saturated rings. The standard InChI is InChI=1S/C12H22N2O2/c1-14-6-4-3-5-11(14)9-7-10(13-8-9)12(15)16-2/h9-11,13H,3-8H2,1-2H3. The Hall–Kier alpha value is -0.610. The molecule has 3 atom stereocenters. The number of hydrogen-bond acceptors (Lipinski definition) is 4. The Balaban J connectivity index is 1.89. The lowest BCUT2D eigenvalue weighted by atomic mass is 9.89. The minimum Gasteiger partial charge on any atom is -0.468 e. The van der Waals surface area contributed by atoms with Gasteiger partial charge in [0.25, 0.3) is 0 Å². The molecule has 0 bridgehead atoms. The first-order valence-corrected chi connectivity index (χ1v) is 6.24. The predicted molar refractivity (Wildman–Crippen MR) is 62.2 cm³/mol. The van der Waals surface area contributed by atoms with Crippen LogP contribution in [0.2, 0.25) is 0 Å². The molecule has 4 heteroatoms. The van der Waals surface area contributed by atoms with Crippen molar-refractivity contribution in [3.8, 4) is 0 Å². The fraction of sp³-hybridized carbons (Fsp3) is 0.917. The van der Waals surface area contributed by atoms with Gasteiger partial charge in [-0.15, -0.1) is 0 Å². The van der Waals surface area contributed by atoms with Crippen LogP contribution in [0.5, 0.6) is 0 Å². The lowest BCUT2D eigenvalue weighted by Crippen LogP contribution is -2.42. The maximum absolute atomic E-state index is 11.4. The molecular formula is C12H22N2O2. The van der Waals surface area contributed by atoms with Gasteiger partial charge in [-0.2, -0.15) is 0 Å². The Labute approximate surface area is 97.3 Å². The number of hydrogen-bond donors (Lipinski definition) is 1. The molecule has 1 N–H and O–H groups in total. The van der Waals surface area contributed by atoms with Crippen molar-refractivity contribution >= 4 is 5.97 Å². The van der Waals surface area contributed by atoms with Crippen LogP contribution >= 0.6 is 0 Å². The maximum atomic E-state index is 11.4. The predicted octanol–water partition coefficient (Wildman–Crippen LogP) is 0.622. The molecule has 2 rings (SSSR count). The fourth-order valence-corrected chi connectivity index (χ4v) is 3.07. The minimum absolute atomic E-state index is 0.0784. The van der Waals surface area contributed by atoms with Crippen LogP contribution in [0.1, 0.15) is 25.7 Å². The van der Waals surface area contributed by atoms with Crippen LogP contribution in [0.4, 0.5) is 0 Å². The molecule has 3 unspecified atom stereocenters. The second-order valence-electron chi connectivity index (χ2n) is 5.02. The Kier molecular flexibility index (Phi) is 3.82. The summed E-state index contributed by atoms with van der Waals surface area (Å²) < 4.78 is 4.78. The van der Waals surface area contributed by atoms with Crippen LogP contribution in [0, 0.1) is 5.92 Å². The summed E-state index contributed by atoms with van der Waals surface area (Å²) in [5.74, 6) is 0.496. The van der Waals surface area contributed by atoms with E-state index in [2.05, 4.69) is 17.3 Å². The Morgan fingerprint density at radius 2 is 2.25 bits per heavy atom. The molecule has 0 spiro atoms. The van der Waals surface area contributed by atoms with E-state index in [4.69, 9.17) is 4.74 Å². The molecular weight excluding hydrogens is 204 g/mol. The summed E-state index contributed by atoms with van der Waals surface area (Å²) in [6.07, 6.45) is 4.85. The molecule has 2 heterocycles. The monoisotopic (exact) mass is 226 g/mol. The number of piperidine rings is 1. The Bertz CT molecular complexity index is 257. The van der Waals surface area contributed by atoms with Gasteiger partial charge in [-0.3, -0.25) is 4.79 Å². The summed E-state index contributed by atoms with van der Waals surface area (Å²) >= 11 is 0. The molecule has 16 heavy (non-hydrogen) atoms. The van der Waals surface area contributed by atoms with E-state index in [0.29, 0.717) is 12.0 Å². The van der Waals surface area contributed by atoms with Crippen LogP contribution in [-0.2, 0) is 9.53 Å². The molecule has 0 aromatic heterocycles. The maximum Gasteiger partial charge on any atom is 0.322 e. The second-order valence-corrected chi connectivity index (χ2v) is 5.02. The van der Waals surface area contributed by atoms with Gasteiger partial charge in [0.1, 0.15) is 6.04 Å². The van der Waals surface area contributed by atoms with Crippen molar-refractivity contribution in [1.82, 2.24) is 10.2 Å². The normalized spacial score (nSPS) is 36.2. The van der Waals surface area contributed by atoms with Gasteiger partial charge in [-0.05, 0) is 38.8 Å². The first kappa shape index (κ1) is 11.9. The number of rotatable bonds is 2. The van der Waals surface area contributed by atoms with Crippen LogP contribution < -0.4 is 5.32 Å². The average Bonchev–Trinajstić information content (AvgIpc) is 2.78. The lowest BCUT2D eigenvalue weighted by Gasteiger charge is -2.36. The highest BCUT2D eigenvalue weighted by molar-refractivity contribution is 5.76. The summed E-state index contributed by atoms with van der Waals surface area (Å²) in [7, 11) is 3.67. The molecule has 92 valence electrons. The molecule has 0 saturated carbocycles. The third-order valence-electron chi connectivity index (χ3n) is 4.02. The first-order chi connectivity index (χ1) is 7.72. The van der Waals surface area contributed by atoms with E-state index in [9.17, 15) is 4.79 Å². The highest BCUT2D eigenvalue weighted by atomic mass is 16.5. The van der Waals surface area contributed by atoms with Crippen molar-refractivity contribution < 1.29 is 9.53 Å². The summed E-state index contributed by atoms with van der Waals surface area (Å²) in [5.41, 5.74) is 0. The fourth-order valence-electron chi connectivity index (χ4n) is 3.07. The molecule has 2 aliphatic heterocycles. The average molecular weight is 226 g/mol. The molecule has 0 aliphatic carbocycles. The van der Waals surface area contributed by atoms with Crippen LogP contribution in [-0.4, -0.2) is 50.2 Å². The summed E-state index contributed by atoms with van der Waals surface area (Å²) in [5, 5.41) is 3.27. The van der Waals surface area contributed by atoms with Crippen molar-refractivity contribution in [1.29, 1.82) is 0 Å². The summed E-state index contributed by atoms with van der Waals surface area (Å²) in [6, 6.07) is 0.571. The Morgan fingerprint density at radius 1 is 1.44 bits per heavy atom. The van der Waals surface area contributed by atoms with Gasteiger partial charge in [0.05, 0.1) is 7.11 Å². The molecule has 0 aromatic carbocycles. The van der Waals surface area contributed by atoms with Crippen molar-refractivity contribution in [2.45, 2.75) is 37.8 Å². The first-order valence-electron chi connectivity index (χ1n) is 6.24. The van der Waals surface area contributed by atoms with Gasteiger partial charge < -0.3 is 15.0 Å². The number of methoxy groups -OCH3 is 1.